The molecule has 7 nitrogen and oxygen atoms in total. The van der Waals surface area contributed by atoms with Crippen LogP contribution >= 0.6 is 0 Å². The first-order chi connectivity index (χ1) is 11.3. The Kier molecular flexibility index (Phi) is 5.82. The van der Waals surface area contributed by atoms with Crippen molar-refractivity contribution >= 4 is 27.6 Å². The highest BCUT2D eigenvalue weighted by Gasteiger charge is 2.23. The van der Waals surface area contributed by atoms with Gasteiger partial charge in [-0.2, -0.15) is 0 Å². The molecule has 2 rings (SSSR count). The fourth-order valence-electron chi connectivity index (χ4n) is 2.71. The first-order valence-corrected chi connectivity index (χ1v) is 9.61. The molecule has 0 bridgehead atoms. The molecule has 8 heteroatoms. The van der Waals surface area contributed by atoms with Gasteiger partial charge in [0.05, 0.1) is 24.6 Å². The van der Waals surface area contributed by atoms with Crippen LogP contribution in [0.4, 0.5) is 5.69 Å². The van der Waals surface area contributed by atoms with Gasteiger partial charge in [0.25, 0.3) is 0 Å². The number of amides is 1. The summed E-state index contributed by atoms with van der Waals surface area (Å²) in [4.78, 5) is 25.5. The molecule has 1 heterocycles. The molecule has 0 unspecified atom stereocenters. The lowest BCUT2D eigenvalue weighted by Crippen LogP contribution is -2.35. The lowest BCUT2D eigenvalue weighted by molar-refractivity contribution is -0.129. The second kappa shape index (κ2) is 7.65. The highest BCUT2D eigenvalue weighted by atomic mass is 32.2. The van der Waals surface area contributed by atoms with Gasteiger partial charge in [0.2, 0.25) is 15.9 Å². The second-order valence-corrected chi connectivity index (χ2v) is 7.62. The van der Waals surface area contributed by atoms with Gasteiger partial charge in [-0.25, -0.2) is 13.2 Å². The average molecular weight is 354 g/mol. The molecule has 0 aliphatic carbocycles. The number of carbonyl (C=O) groups is 2. The summed E-state index contributed by atoms with van der Waals surface area (Å²) in [5.41, 5.74) is 0.601. The predicted molar refractivity (Wildman–Crippen MR) is 90.4 cm³/mol. The molecule has 1 fully saturated rings. The molecule has 132 valence electrons. The summed E-state index contributed by atoms with van der Waals surface area (Å²) >= 11 is 0. The van der Waals surface area contributed by atoms with E-state index in [1.807, 2.05) is 0 Å². The Bertz CT molecular complexity index is 711. The summed E-state index contributed by atoms with van der Waals surface area (Å²) < 4.78 is 30.0. The molecule has 1 saturated heterocycles. The number of benzene rings is 1. The van der Waals surface area contributed by atoms with Crippen molar-refractivity contribution in [1.29, 1.82) is 0 Å². The van der Waals surface area contributed by atoms with Gasteiger partial charge >= 0.3 is 5.97 Å². The van der Waals surface area contributed by atoms with E-state index in [0.717, 1.165) is 36.5 Å². The van der Waals surface area contributed by atoms with Gasteiger partial charge in [-0.05, 0) is 31.0 Å². The molecule has 1 amide bonds. The third-order valence-corrected chi connectivity index (χ3v) is 5.14. The number of rotatable bonds is 6. The molecule has 0 atom stereocenters. The van der Waals surface area contributed by atoms with E-state index < -0.39 is 16.0 Å². The topological polar surface area (TPSA) is 84.0 Å². The van der Waals surface area contributed by atoms with Gasteiger partial charge in [0.1, 0.15) is 0 Å². The van der Waals surface area contributed by atoms with Gasteiger partial charge in [0.15, 0.2) is 0 Å². The largest absolute Gasteiger partial charge is 0.465 e. The summed E-state index contributed by atoms with van der Waals surface area (Å²) in [6.45, 7) is 1.50. The van der Waals surface area contributed by atoms with E-state index in [0.29, 0.717) is 5.69 Å². The van der Waals surface area contributed by atoms with E-state index >= 15 is 0 Å². The Labute approximate surface area is 142 Å². The van der Waals surface area contributed by atoms with Crippen LogP contribution in [0.25, 0.3) is 0 Å². The number of ether oxygens (including phenoxy) is 1. The SMILES string of the molecule is COC(=O)c1cccc(N(CCC(=O)N2CCCC2)S(C)(=O)=O)c1. The van der Waals surface area contributed by atoms with Crippen LogP contribution in [-0.2, 0) is 19.6 Å². The van der Waals surface area contributed by atoms with Gasteiger partial charge in [0, 0.05) is 26.1 Å². The summed E-state index contributed by atoms with van der Waals surface area (Å²) in [6, 6.07) is 6.17. The number of anilines is 1. The van der Waals surface area contributed by atoms with Gasteiger partial charge in [-0.3, -0.25) is 9.10 Å². The molecule has 1 aromatic rings. The van der Waals surface area contributed by atoms with Crippen LogP contribution in [0.3, 0.4) is 0 Å². The van der Waals surface area contributed by atoms with E-state index in [1.54, 1.807) is 23.1 Å². The Hall–Kier alpha value is -2.09. The Morgan fingerprint density at radius 1 is 1.25 bits per heavy atom. The Balaban J connectivity index is 2.17. The monoisotopic (exact) mass is 354 g/mol. The lowest BCUT2D eigenvalue weighted by Gasteiger charge is -2.24. The van der Waals surface area contributed by atoms with Crippen molar-refractivity contribution in [3.8, 4) is 0 Å². The minimum atomic E-state index is -3.58. The zero-order valence-electron chi connectivity index (χ0n) is 13.9. The molecule has 0 spiro atoms. The van der Waals surface area contributed by atoms with Crippen molar-refractivity contribution in [2.24, 2.45) is 0 Å². The van der Waals surface area contributed by atoms with E-state index in [4.69, 9.17) is 0 Å². The molecule has 0 N–H and O–H groups in total. The van der Waals surface area contributed by atoms with Gasteiger partial charge in [-0.15, -0.1) is 0 Å². The highest BCUT2D eigenvalue weighted by molar-refractivity contribution is 7.92. The third kappa shape index (κ3) is 4.47. The van der Waals surface area contributed by atoms with Crippen LogP contribution in [0.2, 0.25) is 0 Å². The minimum absolute atomic E-state index is 0.0405. The van der Waals surface area contributed by atoms with Gasteiger partial charge < -0.3 is 9.64 Å². The van der Waals surface area contributed by atoms with Crippen molar-refractivity contribution in [2.45, 2.75) is 19.3 Å². The van der Waals surface area contributed by atoms with Crippen molar-refractivity contribution in [1.82, 2.24) is 4.90 Å². The van der Waals surface area contributed by atoms with Crippen molar-refractivity contribution < 1.29 is 22.7 Å². The molecule has 0 saturated carbocycles. The number of hydrogen-bond acceptors (Lipinski definition) is 5. The number of methoxy groups -OCH3 is 1. The normalized spacial score (nSPS) is 14.5. The smallest absolute Gasteiger partial charge is 0.337 e. The quantitative estimate of drug-likeness (QED) is 0.718. The zero-order valence-corrected chi connectivity index (χ0v) is 14.7. The van der Waals surface area contributed by atoms with Crippen LogP contribution in [0.1, 0.15) is 29.6 Å². The highest BCUT2D eigenvalue weighted by Crippen LogP contribution is 2.20. The van der Waals surface area contributed by atoms with E-state index in [1.165, 1.54) is 13.2 Å². The summed E-state index contributed by atoms with van der Waals surface area (Å²) in [6.07, 6.45) is 3.17. The van der Waals surface area contributed by atoms with Crippen LogP contribution in [0.15, 0.2) is 24.3 Å². The Morgan fingerprint density at radius 2 is 1.92 bits per heavy atom. The number of esters is 1. The number of hydrogen-bond donors (Lipinski definition) is 0. The van der Waals surface area contributed by atoms with Crippen LogP contribution < -0.4 is 4.31 Å². The standard InChI is InChI=1S/C16H22N2O5S/c1-23-16(20)13-6-5-7-14(12-13)18(24(2,21)22)11-8-15(19)17-9-3-4-10-17/h5-7,12H,3-4,8-11H2,1-2H3. The first kappa shape index (κ1) is 18.3. The Morgan fingerprint density at radius 3 is 2.50 bits per heavy atom. The number of likely N-dealkylation sites (tertiary alicyclic amines) is 1. The summed E-state index contributed by atoms with van der Waals surface area (Å²) in [5, 5.41) is 0. The molecule has 1 aliphatic rings. The maximum absolute atomic E-state index is 12.2. The number of carbonyl (C=O) groups excluding carboxylic acids is 2. The molecule has 24 heavy (non-hydrogen) atoms. The molecular formula is C16H22N2O5S. The zero-order chi connectivity index (χ0) is 17.7. The molecular weight excluding hydrogens is 332 g/mol. The predicted octanol–water partition coefficient (Wildman–Crippen LogP) is 1.25. The number of sulfonamides is 1. The molecule has 0 aromatic heterocycles. The fraction of sp³-hybridized carbons (Fsp3) is 0.500. The maximum atomic E-state index is 12.2. The average Bonchev–Trinajstić information content (AvgIpc) is 3.07. The molecule has 1 aromatic carbocycles. The van der Waals surface area contributed by atoms with Gasteiger partial charge in [-0.1, -0.05) is 6.07 Å². The van der Waals surface area contributed by atoms with Crippen LogP contribution in [-0.4, -0.2) is 58.2 Å². The second-order valence-electron chi connectivity index (χ2n) is 5.71. The lowest BCUT2D eigenvalue weighted by atomic mass is 10.2. The summed E-state index contributed by atoms with van der Waals surface area (Å²) in [5.74, 6) is -0.594. The van der Waals surface area contributed by atoms with E-state index in [2.05, 4.69) is 4.74 Å². The van der Waals surface area contributed by atoms with Crippen molar-refractivity contribution in [3.63, 3.8) is 0 Å². The van der Waals surface area contributed by atoms with Crippen LogP contribution in [0, 0.1) is 0 Å². The first-order valence-electron chi connectivity index (χ1n) is 7.77. The molecule has 1 aliphatic heterocycles. The summed E-state index contributed by atoms with van der Waals surface area (Å²) in [7, 11) is -2.31. The van der Waals surface area contributed by atoms with E-state index in [-0.39, 0.29) is 24.4 Å². The fourth-order valence-corrected chi connectivity index (χ4v) is 3.63. The number of nitrogens with zero attached hydrogens (tertiary/aromatic N) is 2. The van der Waals surface area contributed by atoms with Crippen LogP contribution in [0.5, 0.6) is 0 Å². The van der Waals surface area contributed by atoms with E-state index in [9.17, 15) is 18.0 Å². The van der Waals surface area contributed by atoms with Crippen molar-refractivity contribution in [3.05, 3.63) is 29.8 Å². The van der Waals surface area contributed by atoms with Crippen molar-refractivity contribution in [2.75, 3.05) is 37.3 Å². The molecule has 0 radical (unpaired) electrons. The maximum Gasteiger partial charge on any atom is 0.337 e. The minimum Gasteiger partial charge on any atom is -0.465 e. The third-order valence-electron chi connectivity index (χ3n) is 3.94.